The molecule has 0 spiro atoms. The second-order valence-corrected chi connectivity index (χ2v) is 5.70. The van der Waals surface area contributed by atoms with Crippen molar-refractivity contribution in [2.75, 3.05) is 13.2 Å². The molecule has 0 fully saturated rings. The van der Waals surface area contributed by atoms with Crippen LogP contribution in [-0.2, 0) is 6.54 Å². The van der Waals surface area contributed by atoms with Crippen LogP contribution >= 0.6 is 11.6 Å². The highest BCUT2D eigenvalue weighted by Crippen LogP contribution is 2.18. The fourth-order valence-corrected chi connectivity index (χ4v) is 2.47. The van der Waals surface area contributed by atoms with Gasteiger partial charge < -0.3 is 4.74 Å². The fraction of sp³-hybridized carbons (Fsp3) is 0.529. The highest BCUT2D eigenvalue weighted by atomic mass is 35.5. The average molecular weight is 322 g/mol. The summed E-state index contributed by atoms with van der Waals surface area (Å²) in [6.07, 6.45) is 2.95. The standard InChI is InChI=1S/C17H24ClN3O/c1-4-9-19-16-14-12-13(18)7-8-15(14)20-17(22-11-6-3)21(16)10-5-2/h7-8,12H,4-6,9-11H2,1-3H3/b19-16-. The zero-order valence-corrected chi connectivity index (χ0v) is 14.4. The molecule has 1 aromatic carbocycles. The first-order valence-electron chi connectivity index (χ1n) is 8.04. The lowest BCUT2D eigenvalue weighted by molar-refractivity contribution is 0.271. The van der Waals surface area contributed by atoms with Gasteiger partial charge in [-0.2, -0.15) is 4.98 Å². The zero-order valence-electron chi connectivity index (χ0n) is 13.6. The van der Waals surface area contributed by atoms with Crippen LogP contribution < -0.4 is 10.2 Å². The summed E-state index contributed by atoms with van der Waals surface area (Å²) in [5, 5.41) is 1.69. The summed E-state index contributed by atoms with van der Waals surface area (Å²) >= 11 is 6.17. The lowest BCUT2D eigenvalue weighted by Crippen LogP contribution is -2.25. The monoisotopic (exact) mass is 321 g/mol. The number of halogens is 1. The van der Waals surface area contributed by atoms with Crippen LogP contribution in [-0.4, -0.2) is 22.7 Å². The molecule has 0 saturated carbocycles. The molecule has 0 amide bonds. The molecule has 0 aliphatic rings. The number of hydrogen-bond donors (Lipinski definition) is 0. The van der Waals surface area contributed by atoms with E-state index in [1.54, 1.807) is 0 Å². The van der Waals surface area contributed by atoms with Crippen molar-refractivity contribution in [3.05, 3.63) is 28.7 Å². The second-order valence-electron chi connectivity index (χ2n) is 5.26. The zero-order chi connectivity index (χ0) is 15.9. The van der Waals surface area contributed by atoms with Gasteiger partial charge in [0, 0.05) is 23.5 Å². The van der Waals surface area contributed by atoms with E-state index in [9.17, 15) is 0 Å². The van der Waals surface area contributed by atoms with Crippen LogP contribution in [0.3, 0.4) is 0 Å². The number of rotatable bonds is 7. The van der Waals surface area contributed by atoms with Gasteiger partial charge in [0.25, 0.3) is 6.01 Å². The normalized spacial score (nSPS) is 12.1. The van der Waals surface area contributed by atoms with E-state index in [4.69, 9.17) is 21.3 Å². The molecule has 0 radical (unpaired) electrons. The Morgan fingerprint density at radius 2 is 2.00 bits per heavy atom. The molecule has 1 aromatic heterocycles. The van der Waals surface area contributed by atoms with Crippen molar-refractivity contribution in [3.8, 4) is 6.01 Å². The van der Waals surface area contributed by atoms with Crippen LogP contribution in [0.25, 0.3) is 10.9 Å². The van der Waals surface area contributed by atoms with E-state index in [1.807, 2.05) is 18.2 Å². The van der Waals surface area contributed by atoms with Gasteiger partial charge >= 0.3 is 0 Å². The molecule has 2 aromatic rings. The molecule has 2 rings (SSSR count). The van der Waals surface area contributed by atoms with Gasteiger partial charge in [-0.1, -0.05) is 32.4 Å². The van der Waals surface area contributed by atoms with Gasteiger partial charge in [-0.15, -0.1) is 0 Å². The van der Waals surface area contributed by atoms with Crippen molar-refractivity contribution >= 4 is 22.5 Å². The summed E-state index contributed by atoms with van der Waals surface area (Å²) in [6, 6.07) is 6.37. The topological polar surface area (TPSA) is 39.4 Å². The Labute approximate surface area is 136 Å². The van der Waals surface area contributed by atoms with Gasteiger partial charge in [0.2, 0.25) is 0 Å². The molecule has 22 heavy (non-hydrogen) atoms. The minimum absolute atomic E-state index is 0.647. The van der Waals surface area contributed by atoms with Crippen molar-refractivity contribution in [1.82, 2.24) is 9.55 Å². The molecule has 0 saturated heterocycles. The average Bonchev–Trinajstić information content (AvgIpc) is 2.52. The molecule has 1 heterocycles. The molecular weight excluding hydrogens is 298 g/mol. The summed E-state index contributed by atoms with van der Waals surface area (Å²) in [5.74, 6) is 0. The van der Waals surface area contributed by atoms with E-state index in [-0.39, 0.29) is 0 Å². The van der Waals surface area contributed by atoms with Gasteiger partial charge in [-0.25, -0.2) is 0 Å². The van der Waals surface area contributed by atoms with E-state index < -0.39 is 0 Å². The maximum absolute atomic E-state index is 6.17. The molecule has 0 aliphatic heterocycles. The summed E-state index contributed by atoms with van der Waals surface area (Å²) < 4.78 is 7.93. The fourth-order valence-electron chi connectivity index (χ4n) is 2.30. The number of benzene rings is 1. The molecule has 4 nitrogen and oxygen atoms in total. The van der Waals surface area contributed by atoms with E-state index in [1.165, 1.54) is 0 Å². The van der Waals surface area contributed by atoms with E-state index in [0.717, 1.165) is 48.7 Å². The van der Waals surface area contributed by atoms with Gasteiger partial charge in [0.05, 0.1) is 12.1 Å². The Morgan fingerprint density at radius 1 is 1.18 bits per heavy atom. The van der Waals surface area contributed by atoms with Crippen molar-refractivity contribution in [2.24, 2.45) is 4.99 Å². The Morgan fingerprint density at radius 3 is 2.68 bits per heavy atom. The first-order chi connectivity index (χ1) is 10.7. The number of nitrogens with zero attached hydrogens (tertiary/aromatic N) is 3. The van der Waals surface area contributed by atoms with Crippen LogP contribution in [0.15, 0.2) is 23.2 Å². The van der Waals surface area contributed by atoms with Crippen molar-refractivity contribution < 1.29 is 4.74 Å². The predicted octanol–water partition coefficient (Wildman–Crippen LogP) is 4.20. The molecule has 120 valence electrons. The van der Waals surface area contributed by atoms with Gasteiger partial charge in [-0.3, -0.25) is 9.56 Å². The third kappa shape index (κ3) is 3.80. The van der Waals surface area contributed by atoms with Crippen LogP contribution in [0.5, 0.6) is 6.01 Å². The van der Waals surface area contributed by atoms with Gasteiger partial charge in [-0.05, 0) is 37.5 Å². The van der Waals surface area contributed by atoms with Crippen molar-refractivity contribution in [3.63, 3.8) is 0 Å². The minimum atomic E-state index is 0.647. The molecular formula is C17H24ClN3O. The summed E-state index contributed by atoms with van der Waals surface area (Å²) in [4.78, 5) is 9.43. The Balaban J connectivity index is 2.73. The maximum Gasteiger partial charge on any atom is 0.298 e. The highest BCUT2D eigenvalue weighted by Gasteiger charge is 2.10. The van der Waals surface area contributed by atoms with E-state index in [0.29, 0.717) is 17.6 Å². The SMILES string of the molecule is CCC/N=c1/c2cc(Cl)ccc2nc(OCCC)n1CCC. The summed E-state index contributed by atoms with van der Waals surface area (Å²) in [7, 11) is 0. The lowest BCUT2D eigenvalue weighted by atomic mass is 10.2. The first-order valence-corrected chi connectivity index (χ1v) is 8.42. The van der Waals surface area contributed by atoms with Crippen LogP contribution in [0.1, 0.15) is 40.0 Å². The number of ether oxygens (including phenoxy) is 1. The van der Waals surface area contributed by atoms with Crippen LogP contribution in [0.4, 0.5) is 0 Å². The number of hydrogen-bond acceptors (Lipinski definition) is 3. The third-order valence-electron chi connectivity index (χ3n) is 3.27. The molecule has 0 aliphatic carbocycles. The molecule has 5 heteroatoms. The van der Waals surface area contributed by atoms with Crippen LogP contribution in [0.2, 0.25) is 5.02 Å². The van der Waals surface area contributed by atoms with E-state index in [2.05, 4.69) is 30.3 Å². The number of fused-ring (bicyclic) bond motifs is 1. The quantitative estimate of drug-likeness (QED) is 0.766. The molecule has 0 bridgehead atoms. The second kappa shape index (κ2) is 8.18. The lowest BCUT2D eigenvalue weighted by Gasteiger charge is -2.15. The number of aromatic nitrogens is 2. The maximum atomic E-state index is 6.17. The van der Waals surface area contributed by atoms with Gasteiger partial charge in [0.1, 0.15) is 5.49 Å². The smallest absolute Gasteiger partial charge is 0.298 e. The summed E-state index contributed by atoms with van der Waals surface area (Å²) in [5.41, 5.74) is 1.79. The predicted molar refractivity (Wildman–Crippen MR) is 91.5 cm³/mol. The van der Waals surface area contributed by atoms with Crippen molar-refractivity contribution in [2.45, 2.75) is 46.6 Å². The summed E-state index contributed by atoms with van der Waals surface area (Å²) in [6.45, 7) is 8.62. The minimum Gasteiger partial charge on any atom is -0.465 e. The highest BCUT2D eigenvalue weighted by molar-refractivity contribution is 6.31. The first kappa shape index (κ1) is 16.8. The molecule has 0 unspecified atom stereocenters. The van der Waals surface area contributed by atoms with Gasteiger partial charge in [0.15, 0.2) is 0 Å². The van der Waals surface area contributed by atoms with E-state index >= 15 is 0 Å². The molecule has 0 N–H and O–H groups in total. The Hall–Kier alpha value is -1.55. The third-order valence-corrected chi connectivity index (χ3v) is 3.50. The van der Waals surface area contributed by atoms with Crippen molar-refractivity contribution in [1.29, 1.82) is 0 Å². The molecule has 0 atom stereocenters. The largest absolute Gasteiger partial charge is 0.465 e. The Kier molecular flexibility index (Phi) is 6.25. The Bertz CT molecular complexity index is 694. The van der Waals surface area contributed by atoms with Crippen LogP contribution in [0, 0.1) is 0 Å².